The van der Waals surface area contributed by atoms with E-state index in [2.05, 4.69) is 5.32 Å². The fourth-order valence-electron chi connectivity index (χ4n) is 3.77. The molecule has 0 aromatic rings. The van der Waals surface area contributed by atoms with E-state index in [0.717, 1.165) is 12.8 Å². The fourth-order valence-corrected chi connectivity index (χ4v) is 3.77. The predicted octanol–water partition coefficient (Wildman–Crippen LogP) is 1.33. The van der Waals surface area contributed by atoms with Crippen LogP contribution in [0.1, 0.15) is 46.5 Å². The van der Waals surface area contributed by atoms with E-state index in [9.17, 15) is 19.5 Å². The Kier molecular flexibility index (Phi) is 6.58. The number of nitrogens with one attached hydrogen (secondary N) is 1. The summed E-state index contributed by atoms with van der Waals surface area (Å²) < 4.78 is 5.06. The number of esters is 1. The minimum absolute atomic E-state index is 0.162. The molecule has 3 unspecified atom stereocenters. The molecule has 0 spiro atoms. The maximum Gasteiger partial charge on any atom is 0.326 e. The van der Waals surface area contributed by atoms with Gasteiger partial charge < -0.3 is 14.7 Å². The van der Waals surface area contributed by atoms with Gasteiger partial charge in [-0.25, -0.2) is 4.79 Å². The van der Waals surface area contributed by atoms with Gasteiger partial charge in [-0.05, 0) is 39.0 Å². The summed E-state index contributed by atoms with van der Waals surface area (Å²) in [6.07, 6.45) is 6.54. The number of hydrogen-bond donors (Lipinski definition) is 2. The normalized spacial score (nSPS) is 27.0. The van der Waals surface area contributed by atoms with Gasteiger partial charge in [0.05, 0.1) is 18.7 Å². The predicted molar refractivity (Wildman–Crippen MR) is 91.8 cm³/mol. The molecule has 140 valence electrons. The maximum absolute atomic E-state index is 12.9. The number of likely N-dealkylation sites (tertiary alicyclic amines) is 1. The lowest BCUT2D eigenvalue weighted by Crippen LogP contribution is -2.55. The van der Waals surface area contributed by atoms with Crippen molar-refractivity contribution in [3.8, 4) is 0 Å². The monoisotopic (exact) mass is 352 g/mol. The summed E-state index contributed by atoms with van der Waals surface area (Å²) in [4.78, 5) is 38.0. The third-order valence-corrected chi connectivity index (χ3v) is 4.95. The fraction of sp³-hybridized carbons (Fsp3) is 0.722. The number of allylic oxidation sites excluding steroid dienone is 1. The Morgan fingerprint density at radius 3 is 2.68 bits per heavy atom. The largest absolute Gasteiger partial charge is 0.480 e. The first-order valence-electron chi connectivity index (χ1n) is 9.04. The van der Waals surface area contributed by atoms with Crippen LogP contribution in [-0.2, 0) is 19.1 Å². The highest BCUT2D eigenvalue weighted by Crippen LogP contribution is 2.37. The number of hydrogen-bond acceptors (Lipinski definition) is 5. The summed E-state index contributed by atoms with van der Waals surface area (Å²) >= 11 is 0. The van der Waals surface area contributed by atoms with Crippen LogP contribution in [0.2, 0.25) is 0 Å². The molecule has 0 aromatic carbocycles. The lowest BCUT2D eigenvalue weighted by molar-refractivity contribution is -0.151. The van der Waals surface area contributed by atoms with Crippen molar-refractivity contribution in [3.05, 3.63) is 12.2 Å². The summed E-state index contributed by atoms with van der Waals surface area (Å²) in [5.41, 5.74) is 0. The zero-order valence-corrected chi connectivity index (χ0v) is 15.1. The van der Waals surface area contributed by atoms with Gasteiger partial charge in [0.1, 0.15) is 12.1 Å². The van der Waals surface area contributed by atoms with Gasteiger partial charge in [0.15, 0.2) is 0 Å². The third kappa shape index (κ3) is 4.21. The summed E-state index contributed by atoms with van der Waals surface area (Å²) in [5, 5.41) is 12.5. The van der Waals surface area contributed by atoms with Gasteiger partial charge in [-0.2, -0.15) is 0 Å². The molecule has 0 bridgehead atoms. The third-order valence-electron chi connectivity index (χ3n) is 4.95. The molecule has 5 atom stereocenters. The number of rotatable bonds is 8. The highest BCUT2D eigenvalue weighted by Gasteiger charge is 2.48. The molecule has 2 aliphatic rings. The summed E-state index contributed by atoms with van der Waals surface area (Å²) in [6, 6.07) is -2.19. The zero-order chi connectivity index (χ0) is 18.6. The van der Waals surface area contributed by atoms with Crippen LogP contribution in [0, 0.1) is 5.92 Å². The lowest BCUT2D eigenvalue weighted by Gasteiger charge is -2.31. The molecule has 7 nitrogen and oxygen atoms in total. The molecule has 1 aliphatic heterocycles. The van der Waals surface area contributed by atoms with E-state index in [1.165, 1.54) is 4.90 Å². The van der Waals surface area contributed by atoms with Crippen molar-refractivity contribution >= 4 is 17.8 Å². The molecule has 1 aliphatic carbocycles. The van der Waals surface area contributed by atoms with Crippen LogP contribution in [-0.4, -0.2) is 58.6 Å². The summed E-state index contributed by atoms with van der Waals surface area (Å²) in [6.45, 7) is 5.65. The molecular formula is C18H28N2O5. The Bertz CT molecular complexity index is 548. The molecule has 1 saturated heterocycles. The van der Waals surface area contributed by atoms with Gasteiger partial charge in [-0.3, -0.25) is 14.9 Å². The Labute approximate surface area is 148 Å². The van der Waals surface area contributed by atoms with Crippen LogP contribution in [0.25, 0.3) is 0 Å². The molecule has 1 heterocycles. The highest BCUT2D eigenvalue weighted by atomic mass is 16.5. The number of carboxylic acids is 1. The molecular weight excluding hydrogens is 324 g/mol. The first-order chi connectivity index (χ1) is 11.9. The van der Waals surface area contributed by atoms with E-state index in [1.54, 1.807) is 13.8 Å². The second kappa shape index (κ2) is 8.47. The van der Waals surface area contributed by atoms with Crippen molar-refractivity contribution in [3.63, 3.8) is 0 Å². The van der Waals surface area contributed by atoms with E-state index in [0.29, 0.717) is 12.8 Å². The van der Waals surface area contributed by atoms with Gasteiger partial charge >= 0.3 is 11.9 Å². The number of amides is 1. The van der Waals surface area contributed by atoms with E-state index < -0.39 is 24.1 Å². The van der Waals surface area contributed by atoms with Gasteiger partial charge in [-0.1, -0.05) is 25.5 Å². The number of aliphatic carboxylic acids is 1. The molecule has 1 amide bonds. The molecule has 25 heavy (non-hydrogen) atoms. The number of fused-ring (bicyclic) bond motifs is 1. The number of carbonyl (C=O) groups excluding carboxylic acids is 2. The Balaban J connectivity index is 2.09. The SMILES string of the molecule is CCC[C@H](N[C@@H](C)C(=O)N1C(C(=O)O)CC2CC=CC21)C(=O)OCC. The van der Waals surface area contributed by atoms with Crippen LogP contribution in [0.4, 0.5) is 0 Å². The zero-order valence-electron chi connectivity index (χ0n) is 15.1. The van der Waals surface area contributed by atoms with Crippen LogP contribution in [0.5, 0.6) is 0 Å². The lowest BCUT2D eigenvalue weighted by atomic mass is 10.0. The first kappa shape index (κ1) is 19.4. The average Bonchev–Trinajstić information content (AvgIpc) is 3.14. The van der Waals surface area contributed by atoms with Crippen LogP contribution in [0.3, 0.4) is 0 Å². The number of carbonyl (C=O) groups is 3. The Hall–Kier alpha value is -1.89. The second-order valence-electron chi connectivity index (χ2n) is 6.73. The quantitative estimate of drug-likeness (QED) is 0.505. The maximum atomic E-state index is 12.9. The standard InChI is InChI=1S/C18H28N2O5/c1-4-7-13(18(24)25-5-2)19-11(3)16(21)20-14-9-6-8-12(14)10-15(20)17(22)23/h6,9,11-15,19H,4-5,7-8,10H2,1-3H3,(H,22,23)/t11-,12?,13-,14?,15?/m0/s1. The molecule has 1 fully saturated rings. The van der Waals surface area contributed by atoms with Gasteiger partial charge in [0.25, 0.3) is 0 Å². The van der Waals surface area contributed by atoms with E-state index in [-0.39, 0.29) is 30.4 Å². The molecule has 0 radical (unpaired) electrons. The van der Waals surface area contributed by atoms with Crippen molar-refractivity contribution in [2.45, 2.75) is 70.6 Å². The van der Waals surface area contributed by atoms with Crippen molar-refractivity contribution in [2.24, 2.45) is 5.92 Å². The Morgan fingerprint density at radius 2 is 2.08 bits per heavy atom. The number of ether oxygens (including phenoxy) is 1. The number of carboxylic acid groups (broad SMARTS) is 1. The van der Waals surface area contributed by atoms with Gasteiger partial charge in [-0.15, -0.1) is 0 Å². The van der Waals surface area contributed by atoms with Crippen molar-refractivity contribution in [1.29, 1.82) is 0 Å². The van der Waals surface area contributed by atoms with Crippen molar-refractivity contribution < 1.29 is 24.2 Å². The van der Waals surface area contributed by atoms with Gasteiger partial charge in [0, 0.05) is 0 Å². The molecule has 2 N–H and O–H groups in total. The average molecular weight is 352 g/mol. The van der Waals surface area contributed by atoms with Crippen LogP contribution in [0.15, 0.2) is 12.2 Å². The number of nitrogens with zero attached hydrogens (tertiary/aromatic N) is 1. The van der Waals surface area contributed by atoms with Crippen molar-refractivity contribution in [2.75, 3.05) is 6.61 Å². The second-order valence-corrected chi connectivity index (χ2v) is 6.73. The smallest absolute Gasteiger partial charge is 0.326 e. The first-order valence-corrected chi connectivity index (χ1v) is 9.04. The topological polar surface area (TPSA) is 95.9 Å². The minimum Gasteiger partial charge on any atom is -0.480 e. The molecule has 0 aromatic heterocycles. The highest BCUT2D eigenvalue weighted by molar-refractivity contribution is 5.88. The van der Waals surface area contributed by atoms with E-state index in [4.69, 9.17) is 4.74 Å². The van der Waals surface area contributed by atoms with E-state index in [1.807, 2.05) is 19.1 Å². The minimum atomic E-state index is -0.973. The molecule has 2 rings (SSSR count). The van der Waals surface area contributed by atoms with E-state index >= 15 is 0 Å². The van der Waals surface area contributed by atoms with Crippen molar-refractivity contribution in [1.82, 2.24) is 10.2 Å². The Morgan fingerprint density at radius 1 is 1.36 bits per heavy atom. The molecule has 0 saturated carbocycles. The molecule has 7 heteroatoms. The van der Waals surface area contributed by atoms with Crippen LogP contribution >= 0.6 is 0 Å². The summed E-state index contributed by atoms with van der Waals surface area (Å²) in [5.74, 6) is -1.46. The van der Waals surface area contributed by atoms with Gasteiger partial charge in [0.2, 0.25) is 5.91 Å². The summed E-state index contributed by atoms with van der Waals surface area (Å²) in [7, 11) is 0. The van der Waals surface area contributed by atoms with Crippen LogP contribution < -0.4 is 5.32 Å².